The summed E-state index contributed by atoms with van der Waals surface area (Å²) in [6.45, 7) is 0.459. The lowest BCUT2D eigenvalue weighted by Gasteiger charge is -2.33. The van der Waals surface area contributed by atoms with E-state index in [-0.39, 0.29) is 17.7 Å². The van der Waals surface area contributed by atoms with Crippen molar-refractivity contribution in [2.75, 3.05) is 5.32 Å². The highest BCUT2D eigenvalue weighted by Gasteiger charge is 2.29. The van der Waals surface area contributed by atoms with Gasteiger partial charge in [0.2, 0.25) is 0 Å². The van der Waals surface area contributed by atoms with Crippen molar-refractivity contribution in [3.05, 3.63) is 81.0 Å². The predicted molar refractivity (Wildman–Crippen MR) is 121 cm³/mol. The third kappa shape index (κ3) is 3.69. The second-order valence-electron chi connectivity index (χ2n) is 7.60. The van der Waals surface area contributed by atoms with E-state index in [1.807, 2.05) is 30.3 Å². The fraction of sp³-hybridized carbons (Fsp3) is 0.227. The summed E-state index contributed by atoms with van der Waals surface area (Å²) in [7, 11) is 0. The maximum Gasteiger partial charge on any atom is 0.266 e. The third-order valence-corrected chi connectivity index (χ3v) is 6.31. The molecule has 1 fully saturated rings. The van der Waals surface area contributed by atoms with Gasteiger partial charge < -0.3 is 10.4 Å². The van der Waals surface area contributed by atoms with Crippen LogP contribution in [0.2, 0.25) is 10.0 Å². The van der Waals surface area contributed by atoms with E-state index in [2.05, 4.69) is 15.4 Å². The van der Waals surface area contributed by atoms with Gasteiger partial charge in [0.05, 0.1) is 52.7 Å². The first-order valence-electron chi connectivity index (χ1n) is 9.92. The van der Waals surface area contributed by atoms with Crippen molar-refractivity contribution in [2.24, 2.45) is 0 Å². The zero-order chi connectivity index (χ0) is 21.5. The van der Waals surface area contributed by atoms with Crippen LogP contribution in [0, 0.1) is 0 Å². The molecule has 0 amide bonds. The fourth-order valence-electron chi connectivity index (χ4n) is 3.71. The Labute approximate surface area is 187 Å². The van der Waals surface area contributed by atoms with Gasteiger partial charge in [0.25, 0.3) is 5.56 Å². The van der Waals surface area contributed by atoms with Gasteiger partial charge in [-0.05, 0) is 30.5 Å². The molecule has 2 atom stereocenters. The molecular weight excluding hydrogens is 437 g/mol. The summed E-state index contributed by atoms with van der Waals surface area (Å²) in [6.07, 6.45) is 6.00. The first kappa shape index (κ1) is 20.1. The van der Waals surface area contributed by atoms with Gasteiger partial charge in [0.15, 0.2) is 0 Å². The molecule has 3 heterocycles. The molecule has 3 aromatic heterocycles. The van der Waals surface area contributed by atoms with E-state index in [1.165, 1.54) is 10.8 Å². The molecule has 1 aliphatic carbocycles. The summed E-state index contributed by atoms with van der Waals surface area (Å²) in [6, 6.07) is 11.1. The molecule has 0 aliphatic heterocycles. The number of anilines is 1. The van der Waals surface area contributed by atoms with Crippen molar-refractivity contribution in [1.29, 1.82) is 0 Å². The van der Waals surface area contributed by atoms with Crippen LogP contribution >= 0.6 is 23.2 Å². The summed E-state index contributed by atoms with van der Waals surface area (Å²) < 4.78 is 3.23. The highest BCUT2D eigenvalue weighted by molar-refractivity contribution is 6.32. The highest BCUT2D eigenvalue weighted by atomic mass is 35.5. The molecule has 0 bridgehead atoms. The number of nitrogens with one attached hydrogen (secondary N) is 1. The Morgan fingerprint density at radius 1 is 1.13 bits per heavy atom. The van der Waals surface area contributed by atoms with Crippen molar-refractivity contribution < 1.29 is 5.11 Å². The quantitative estimate of drug-likeness (QED) is 0.476. The van der Waals surface area contributed by atoms with Crippen molar-refractivity contribution in [1.82, 2.24) is 19.3 Å². The predicted octanol–water partition coefficient (Wildman–Crippen LogP) is 3.87. The number of benzene rings is 1. The Balaban J connectivity index is 1.51. The summed E-state index contributed by atoms with van der Waals surface area (Å²) in [5.41, 5.74) is 1.91. The Kier molecular flexibility index (Phi) is 5.17. The summed E-state index contributed by atoms with van der Waals surface area (Å²) in [4.78, 5) is 17.5. The Morgan fingerprint density at radius 3 is 2.71 bits per heavy atom. The molecule has 7 nitrogen and oxygen atoms in total. The number of fused-ring (bicyclic) bond motifs is 1. The van der Waals surface area contributed by atoms with Gasteiger partial charge in [-0.2, -0.15) is 5.10 Å². The van der Waals surface area contributed by atoms with E-state index in [4.69, 9.17) is 23.2 Å². The average molecular weight is 456 g/mol. The highest BCUT2D eigenvalue weighted by Crippen LogP contribution is 2.27. The molecule has 1 aromatic carbocycles. The van der Waals surface area contributed by atoms with Crippen LogP contribution in [0.3, 0.4) is 0 Å². The minimum absolute atomic E-state index is 0.0382. The molecule has 1 saturated carbocycles. The number of aliphatic hydroxyl groups excluding tert-OH is 1. The fourth-order valence-corrected chi connectivity index (χ4v) is 4.10. The van der Waals surface area contributed by atoms with Gasteiger partial charge in [-0.3, -0.25) is 14.0 Å². The number of aliphatic hydroxyl groups is 1. The van der Waals surface area contributed by atoms with E-state index in [9.17, 15) is 9.90 Å². The zero-order valence-electron chi connectivity index (χ0n) is 16.4. The molecule has 158 valence electrons. The topological polar surface area (TPSA) is 85.0 Å². The first-order chi connectivity index (χ1) is 15.0. The number of halogens is 2. The lowest BCUT2D eigenvalue weighted by molar-refractivity contribution is 0.0784. The zero-order valence-corrected chi connectivity index (χ0v) is 17.9. The number of hydrogen-bond acceptors (Lipinski definition) is 5. The third-order valence-electron chi connectivity index (χ3n) is 5.65. The molecule has 0 spiro atoms. The minimum atomic E-state index is -0.385. The van der Waals surface area contributed by atoms with E-state index in [0.29, 0.717) is 39.0 Å². The maximum absolute atomic E-state index is 13.2. The van der Waals surface area contributed by atoms with Crippen LogP contribution < -0.4 is 10.9 Å². The van der Waals surface area contributed by atoms with Gasteiger partial charge >= 0.3 is 0 Å². The van der Waals surface area contributed by atoms with Crippen molar-refractivity contribution in [2.45, 2.75) is 31.5 Å². The number of rotatable bonds is 5. The molecule has 4 aromatic rings. The van der Waals surface area contributed by atoms with Crippen molar-refractivity contribution in [3.8, 4) is 5.69 Å². The van der Waals surface area contributed by atoms with Gasteiger partial charge in [-0.1, -0.05) is 41.4 Å². The Morgan fingerprint density at radius 2 is 1.97 bits per heavy atom. The van der Waals surface area contributed by atoms with Crippen LogP contribution in [0.5, 0.6) is 0 Å². The lowest BCUT2D eigenvalue weighted by Crippen LogP contribution is -2.42. The van der Waals surface area contributed by atoms with Crippen LogP contribution in [-0.4, -0.2) is 36.6 Å². The van der Waals surface area contributed by atoms with Crippen LogP contribution in [0.4, 0.5) is 5.82 Å². The molecule has 0 radical (unpaired) electrons. The Hall–Kier alpha value is -2.87. The summed E-state index contributed by atoms with van der Waals surface area (Å²) in [5.74, 6) is 0.560. The Bertz CT molecular complexity index is 1330. The SMILES string of the molecule is O=c1c2cnn(Cc3ccccc3Cl)c2ccn1-c1cc(NC2CCC2O)ncc1Cl. The van der Waals surface area contributed by atoms with Gasteiger partial charge in [-0.15, -0.1) is 0 Å². The summed E-state index contributed by atoms with van der Waals surface area (Å²) in [5, 5.41) is 18.9. The lowest BCUT2D eigenvalue weighted by atomic mass is 9.89. The smallest absolute Gasteiger partial charge is 0.266 e. The van der Waals surface area contributed by atoms with Gasteiger partial charge in [0, 0.05) is 17.3 Å². The maximum atomic E-state index is 13.2. The first-order valence-corrected chi connectivity index (χ1v) is 10.7. The molecule has 2 unspecified atom stereocenters. The van der Waals surface area contributed by atoms with E-state index in [0.717, 1.165) is 18.4 Å². The molecule has 9 heteroatoms. The number of aromatic nitrogens is 4. The van der Waals surface area contributed by atoms with E-state index in [1.54, 1.807) is 23.1 Å². The van der Waals surface area contributed by atoms with Crippen LogP contribution in [0.15, 0.2) is 59.8 Å². The molecule has 31 heavy (non-hydrogen) atoms. The van der Waals surface area contributed by atoms with E-state index < -0.39 is 0 Å². The average Bonchev–Trinajstić information content (AvgIpc) is 3.18. The molecular formula is C22H19Cl2N5O2. The molecule has 0 saturated heterocycles. The largest absolute Gasteiger partial charge is 0.391 e. The monoisotopic (exact) mass is 455 g/mol. The van der Waals surface area contributed by atoms with Crippen molar-refractivity contribution in [3.63, 3.8) is 0 Å². The van der Waals surface area contributed by atoms with Gasteiger partial charge in [0.1, 0.15) is 5.82 Å². The normalized spacial score (nSPS) is 18.2. The van der Waals surface area contributed by atoms with Gasteiger partial charge in [-0.25, -0.2) is 4.98 Å². The standard InChI is InChI=1S/C22H19Cl2N5O2/c23-15-4-2-1-3-13(15)12-29-18-7-8-28(22(31)14(18)10-26-29)19-9-21(25-11-16(19)24)27-17-5-6-20(17)30/h1-4,7-11,17,20,30H,5-6,12H2,(H,25,27). The molecule has 2 N–H and O–H groups in total. The number of nitrogens with zero attached hydrogens (tertiary/aromatic N) is 4. The molecule has 1 aliphatic rings. The summed E-state index contributed by atoms with van der Waals surface area (Å²) >= 11 is 12.6. The van der Waals surface area contributed by atoms with Crippen molar-refractivity contribution >= 4 is 39.9 Å². The second kappa shape index (κ2) is 8.00. The second-order valence-corrected chi connectivity index (χ2v) is 8.41. The molecule has 5 rings (SSSR count). The van der Waals surface area contributed by atoms with E-state index >= 15 is 0 Å². The van der Waals surface area contributed by atoms with Crippen LogP contribution in [0.25, 0.3) is 16.6 Å². The number of hydrogen-bond donors (Lipinski definition) is 2. The van der Waals surface area contributed by atoms with Crippen LogP contribution in [0.1, 0.15) is 18.4 Å². The number of pyridine rings is 2. The minimum Gasteiger partial charge on any atom is -0.391 e. The van der Waals surface area contributed by atoms with Crippen LogP contribution in [-0.2, 0) is 6.54 Å².